The van der Waals surface area contributed by atoms with Gasteiger partial charge in [0.05, 0.1) is 22.8 Å². The van der Waals surface area contributed by atoms with Gasteiger partial charge in [0.25, 0.3) is 0 Å². The number of ketones is 1. The summed E-state index contributed by atoms with van der Waals surface area (Å²) in [4.78, 5) is 20.4. The highest BCUT2D eigenvalue weighted by molar-refractivity contribution is 6.08. The lowest BCUT2D eigenvalue weighted by atomic mass is 10.1. The van der Waals surface area contributed by atoms with Gasteiger partial charge in [-0.05, 0) is 24.3 Å². The largest absolute Gasteiger partial charge is 0.287 e. The standard InChI is InChI=1S/C15H8F2N2O/c16-10-5-3-4-9(14(10)17)15(20)13-8-18-11-6-1-2-7-12(11)19-13/h1-8H. The summed E-state index contributed by atoms with van der Waals surface area (Å²) >= 11 is 0. The highest BCUT2D eigenvalue weighted by Crippen LogP contribution is 2.16. The molecule has 0 atom stereocenters. The van der Waals surface area contributed by atoms with Gasteiger partial charge in [0.15, 0.2) is 11.6 Å². The molecule has 0 spiro atoms. The van der Waals surface area contributed by atoms with Gasteiger partial charge in [-0.15, -0.1) is 0 Å². The second-order valence-electron chi connectivity index (χ2n) is 4.17. The van der Waals surface area contributed by atoms with E-state index >= 15 is 0 Å². The fraction of sp³-hybridized carbons (Fsp3) is 0. The Balaban J connectivity index is 2.10. The van der Waals surface area contributed by atoms with Crippen molar-refractivity contribution in [3.05, 3.63) is 71.6 Å². The van der Waals surface area contributed by atoms with Crippen LogP contribution in [0.1, 0.15) is 16.1 Å². The maximum atomic E-state index is 13.6. The molecule has 0 bridgehead atoms. The SMILES string of the molecule is O=C(c1cnc2ccccc2n1)c1cccc(F)c1F. The average Bonchev–Trinajstić information content (AvgIpc) is 2.49. The summed E-state index contributed by atoms with van der Waals surface area (Å²) in [5, 5.41) is 0. The number of carbonyl (C=O) groups is 1. The van der Waals surface area contributed by atoms with Crippen LogP contribution in [-0.4, -0.2) is 15.8 Å². The van der Waals surface area contributed by atoms with Crippen LogP contribution in [0.3, 0.4) is 0 Å². The molecule has 1 aromatic heterocycles. The van der Waals surface area contributed by atoms with E-state index in [1.54, 1.807) is 24.3 Å². The van der Waals surface area contributed by atoms with Crippen molar-refractivity contribution in [2.24, 2.45) is 0 Å². The van der Waals surface area contributed by atoms with E-state index in [1.807, 2.05) is 0 Å². The van der Waals surface area contributed by atoms with E-state index in [-0.39, 0.29) is 11.3 Å². The number of hydrogen-bond donors (Lipinski definition) is 0. The lowest BCUT2D eigenvalue weighted by Crippen LogP contribution is -2.08. The molecule has 3 nitrogen and oxygen atoms in total. The van der Waals surface area contributed by atoms with Crippen LogP contribution in [0.5, 0.6) is 0 Å². The smallest absolute Gasteiger partial charge is 0.216 e. The van der Waals surface area contributed by atoms with Crippen molar-refractivity contribution in [1.82, 2.24) is 9.97 Å². The van der Waals surface area contributed by atoms with Crippen LogP contribution in [0.25, 0.3) is 11.0 Å². The number of para-hydroxylation sites is 2. The Morgan fingerprint density at radius 2 is 1.70 bits per heavy atom. The van der Waals surface area contributed by atoms with Gasteiger partial charge in [-0.1, -0.05) is 18.2 Å². The fourth-order valence-electron chi connectivity index (χ4n) is 1.88. The molecule has 0 saturated heterocycles. The number of aromatic nitrogens is 2. The molecule has 0 amide bonds. The minimum atomic E-state index is -1.17. The molecular formula is C15H8F2N2O. The van der Waals surface area contributed by atoms with E-state index in [4.69, 9.17) is 0 Å². The first-order valence-electron chi connectivity index (χ1n) is 5.87. The molecular weight excluding hydrogens is 262 g/mol. The minimum absolute atomic E-state index is 0.0202. The second-order valence-corrected chi connectivity index (χ2v) is 4.17. The predicted octanol–water partition coefficient (Wildman–Crippen LogP) is 3.14. The van der Waals surface area contributed by atoms with Crippen LogP contribution in [0.2, 0.25) is 0 Å². The molecule has 0 unspecified atom stereocenters. The highest BCUT2D eigenvalue weighted by Gasteiger charge is 2.18. The van der Waals surface area contributed by atoms with Gasteiger partial charge in [0, 0.05) is 0 Å². The van der Waals surface area contributed by atoms with Crippen molar-refractivity contribution < 1.29 is 13.6 Å². The summed E-state index contributed by atoms with van der Waals surface area (Å²) in [6, 6.07) is 10.5. The predicted molar refractivity (Wildman–Crippen MR) is 69.3 cm³/mol. The van der Waals surface area contributed by atoms with Crippen molar-refractivity contribution >= 4 is 16.8 Å². The van der Waals surface area contributed by atoms with Gasteiger partial charge in [-0.25, -0.2) is 13.8 Å². The van der Waals surface area contributed by atoms with Crippen LogP contribution >= 0.6 is 0 Å². The Morgan fingerprint density at radius 1 is 0.950 bits per heavy atom. The third kappa shape index (κ3) is 2.03. The normalized spacial score (nSPS) is 10.7. The van der Waals surface area contributed by atoms with Crippen LogP contribution in [0.4, 0.5) is 8.78 Å². The third-order valence-electron chi connectivity index (χ3n) is 2.88. The molecule has 1 heterocycles. The van der Waals surface area contributed by atoms with Gasteiger partial charge >= 0.3 is 0 Å². The lowest BCUT2D eigenvalue weighted by Gasteiger charge is -2.03. The van der Waals surface area contributed by atoms with Crippen molar-refractivity contribution in [3.8, 4) is 0 Å². The summed E-state index contributed by atoms with van der Waals surface area (Å²) in [5.74, 6) is -2.93. The molecule has 0 aliphatic heterocycles. The van der Waals surface area contributed by atoms with Gasteiger partial charge in [0.1, 0.15) is 5.69 Å². The number of hydrogen-bond acceptors (Lipinski definition) is 3. The topological polar surface area (TPSA) is 42.9 Å². The number of fused-ring (bicyclic) bond motifs is 1. The Bertz CT molecular complexity index is 818. The number of carbonyl (C=O) groups excluding carboxylic acids is 1. The summed E-state index contributed by atoms with van der Waals surface area (Å²) in [5.41, 5.74) is 0.779. The molecule has 0 saturated carbocycles. The first-order chi connectivity index (χ1) is 9.66. The second kappa shape index (κ2) is 4.77. The first kappa shape index (κ1) is 12.3. The van der Waals surface area contributed by atoms with E-state index in [0.29, 0.717) is 11.0 Å². The molecule has 3 rings (SSSR count). The third-order valence-corrected chi connectivity index (χ3v) is 2.88. The Labute approximate surface area is 112 Å². The molecule has 0 fully saturated rings. The number of nitrogens with zero attached hydrogens (tertiary/aromatic N) is 2. The van der Waals surface area contributed by atoms with Crippen molar-refractivity contribution in [3.63, 3.8) is 0 Å². The molecule has 0 N–H and O–H groups in total. The maximum absolute atomic E-state index is 13.6. The Kier molecular flexibility index (Phi) is 2.95. The summed E-state index contributed by atoms with van der Waals surface area (Å²) in [7, 11) is 0. The van der Waals surface area contributed by atoms with E-state index in [1.165, 1.54) is 18.3 Å². The van der Waals surface area contributed by atoms with Gasteiger partial charge in [-0.2, -0.15) is 0 Å². The molecule has 0 aliphatic carbocycles. The van der Waals surface area contributed by atoms with Crippen LogP contribution in [0, 0.1) is 11.6 Å². The molecule has 98 valence electrons. The van der Waals surface area contributed by atoms with Crippen LogP contribution in [-0.2, 0) is 0 Å². The van der Waals surface area contributed by atoms with Crippen LogP contribution in [0.15, 0.2) is 48.7 Å². The van der Waals surface area contributed by atoms with Gasteiger partial charge in [0.2, 0.25) is 5.78 Å². The number of halogens is 2. The van der Waals surface area contributed by atoms with Gasteiger partial charge < -0.3 is 0 Å². The molecule has 3 aromatic rings. The molecule has 0 radical (unpaired) electrons. The number of rotatable bonds is 2. The van der Waals surface area contributed by atoms with E-state index in [2.05, 4.69) is 9.97 Å². The monoisotopic (exact) mass is 270 g/mol. The summed E-state index contributed by atoms with van der Waals surface area (Å²) in [6.45, 7) is 0. The fourth-order valence-corrected chi connectivity index (χ4v) is 1.88. The molecule has 20 heavy (non-hydrogen) atoms. The van der Waals surface area contributed by atoms with Crippen molar-refractivity contribution in [2.45, 2.75) is 0 Å². The van der Waals surface area contributed by atoms with Crippen molar-refractivity contribution in [1.29, 1.82) is 0 Å². The zero-order chi connectivity index (χ0) is 14.1. The van der Waals surface area contributed by atoms with E-state index in [0.717, 1.165) is 6.07 Å². The highest BCUT2D eigenvalue weighted by atomic mass is 19.2. The van der Waals surface area contributed by atoms with E-state index < -0.39 is 17.4 Å². The zero-order valence-electron chi connectivity index (χ0n) is 10.2. The summed E-state index contributed by atoms with van der Waals surface area (Å²) < 4.78 is 26.8. The molecule has 0 aliphatic rings. The molecule has 5 heteroatoms. The average molecular weight is 270 g/mol. The Morgan fingerprint density at radius 3 is 2.50 bits per heavy atom. The Hall–Kier alpha value is -2.69. The quantitative estimate of drug-likeness (QED) is 0.672. The van der Waals surface area contributed by atoms with E-state index in [9.17, 15) is 13.6 Å². The first-order valence-corrected chi connectivity index (χ1v) is 5.87. The summed E-state index contributed by atoms with van der Waals surface area (Å²) in [6.07, 6.45) is 1.26. The minimum Gasteiger partial charge on any atom is -0.287 e. The zero-order valence-corrected chi connectivity index (χ0v) is 10.2. The van der Waals surface area contributed by atoms with Crippen LogP contribution < -0.4 is 0 Å². The lowest BCUT2D eigenvalue weighted by molar-refractivity contribution is 0.102. The van der Waals surface area contributed by atoms with Gasteiger partial charge in [-0.3, -0.25) is 9.78 Å². The number of benzene rings is 2. The van der Waals surface area contributed by atoms with Crippen molar-refractivity contribution in [2.75, 3.05) is 0 Å². The maximum Gasteiger partial charge on any atom is 0.216 e. The molecule has 2 aromatic carbocycles.